The van der Waals surface area contributed by atoms with Gasteiger partial charge in [0.15, 0.2) is 0 Å². The molecule has 1 atom stereocenters. The van der Waals surface area contributed by atoms with Crippen molar-refractivity contribution in [2.75, 3.05) is 26.7 Å². The van der Waals surface area contributed by atoms with Crippen LogP contribution in [0, 0.1) is 5.41 Å². The van der Waals surface area contributed by atoms with Crippen molar-refractivity contribution >= 4 is 40.4 Å². The number of nitrogens with zero attached hydrogens (tertiary/aromatic N) is 2. The summed E-state index contributed by atoms with van der Waals surface area (Å²) < 4.78 is 6.15. The minimum Gasteiger partial charge on any atom is -0.496 e. The average Bonchev–Trinajstić information content (AvgIpc) is 3.52. The molecule has 4 rings (SSSR count). The largest absolute Gasteiger partial charge is 0.496 e. The summed E-state index contributed by atoms with van der Waals surface area (Å²) in [6.07, 6.45) is 2.57. The second-order valence-corrected chi connectivity index (χ2v) is 8.96. The smallest absolute Gasteiger partial charge is 0.261 e. The van der Waals surface area contributed by atoms with E-state index >= 15 is 0 Å². The van der Waals surface area contributed by atoms with Crippen LogP contribution in [0.5, 0.6) is 5.75 Å². The Morgan fingerprint density at radius 1 is 1.37 bits per heavy atom. The van der Waals surface area contributed by atoms with Crippen molar-refractivity contribution in [2.45, 2.75) is 25.4 Å². The molecule has 1 aromatic carbocycles. The van der Waals surface area contributed by atoms with Crippen LogP contribution >= 0.6 is 22.9 Å². The Labute approximate surface area is 184 Å². The van der Waals surface area contributed by atoms with Crippen molar-refractivity contribution in [3.8, 4) is 5.75 Å². The monoisotopic (exact) mass is 446 g/mol. The van der Waals surface area contributed by atoms with Crippen molar-refractivity contribution in [1.29, 1.82) is 5.41 Å². The summed E-state index contributed by atoms with van der Waals surface area (Å²) in [5.74, 6) is 1.01. The molecule has 158 valence electrons. The van der Waals surface area contributed by atoms with Crippen LogP contribution in [0.25, 0.3) is 0 Å². The first-order chi connectivity index (χ1) is 14.5. The van der Waals surface area contributed by atoms with Gasteiger partial charge in [-0.05, 0) is 37.1 Å². The van der Waals surface area contributed by atoms with Gasteiger partial charge >= 0.3 is 0 Å². The average molecular weight is 447 g/mol. The maximum absolute atomic E-state index is 12.2. The van der Waals surface area contributed by atoms with Crippen LogP contribution in [-0.4, -0.2) is 55.2 Å². The summed E-state index contributed by atoms with van der Waals surface area (Å²) in [6, 6.07) is 9.14. The molecule has 1 fully saturated rings. The van der Waals surface area contributed by atoms with Gasteiger partial charge in [0.05, 0.1) is 28.6 Å². The van der Waals surface area contributed by atoms with Crippen molar-refractivity contribution in [3.05, 3.63) is 50.7 Å². The van der Waals surface area contributed by atoms with Crippen molar-refractivity contribution in [1.82, 2.24) is 10.2 Å². The lowest BCUT2D eigenvalue weighted by atomic mass is 10.0. The van der Waals surface area contributed by atoms with Gasteiger partial charge in [-0.2, -0.15) is 0 Å². The number of methoxy groups -OCH3 is 1. The lowest BCUT2D eigenvalue weighted by molar-refractivity contribution is 0.0755. The second kappa shape index (κ2) is 9.06. The molecule has 1 amide bonds. The SMILES string of the molecule is COc1cc(C(=N)N2CCCC2)ccc1C1=NOC(CNC(=O)c2ccc(Cl)s2)C1. The van der Waals surface area contributed by atoms with Crippen LogP contribution in [0.15, 0.2) is 35.5 Å². The molecule has 0 radical (unpaired) electrons. The lowest BCUT2D eigenvalue weighted by Crippen LogP contribution is -2.31. The van der Waals surface area contributed by atoms with Crippen LogP contribution in [-0.2, 0) is 4.84 Å². The molecule has 30 heavy (non-hydrogen) atoms. The molecule has 7 nitrogen and oxygen atoms in total. The highest BCUT2D eigenvalue weighted by molar-refractivity contribution is 7.18. The van der Waals surface area contributed by atoms with Crippen LogP contribution in [0.2, 0.25) is 4.34 Å². The third-order valence-electron chi connectivity index (χ3n) is 5.23. The molecule has 2 aliphatic heterocycles. The normalized spacial score (nSPS) is 18.1. The van der Waals surface area contributed by atoms with Gasteiger partial charge in [-0.15, -0.1) is 11.3 Å². The molecular formula is C21H23ClN4O3S. The van der Waals surface area contributed by atoms with Gasteiger partial charge in [0.1, 0.15) is 17.7 Å². The number of benzene rings is 1. The molecular weight excluding hydrogens is 424 g/mol. The minimum atomic E-state index is -0.244. The number of hydrogen-bond donors (Lipinski definition) is 2. The minimum absolute atomic E-state index is 0.175. The van der Waals surface area contributed by atoms with Gasteiger partial charge in [-0.25, -0.2) is 0 Å². The molecule has 3 heterocycles. The third-order valence-corrected chi connectivity index (χ3v) is 6.46. The molecule has 1 saturated heterocycles. The van der Waals surface area contributed by atoms with E-state index in [0.29, 0.717) is 33.8 Å². The number of rotatable bonds is 6. The quantitative estimate of drug-likeness (QED) is 0.522. The lowest BCUT2D eigenvalue weighted by Gasteiger charge is -2.19. The highest BCUT2D eigenvalue weighted by Gasteiger charge is 2.26. The predicted octanol–water partition coefficient (Wildman–Crippen LogP) is 3.75. The molecule has 1 aromatic heterocycles. The fourth-order valence-electron chi connectivity index (χ4n) is 3.63. The van der Waals surface area contributed by atoms with Crippen LogP contribution in [0.1, 0.15) is 40.1 Å². The zero-order valence-corrected chi connectivity index (χ0v) is 18.2. The maximum Gasteiger partial charge on any atom is 0.261 e. The number of amides is 1. The van der Waals surface area contributed by atoms with Crippen molar-refractivity contribution in [3.63, 3.8) is 0 Å². The number of carbonyl (C=O) groups excluding carboxylic acids is 1. The van der Waals surface area contributed by atoms with E-state index in [9.17, 15) is 4.79 Å². The van der Waals surface area contributed by atoms with Crippen molar-refractivity contribution < 1.29 is 14.4 Å². The summed E-state index contributed by atoms with van der Waals surface area (Å²) in [5, 5.41) is 15.5. The third kappa shape index (κ3) is 4.44. The number of nitrogens with one attached hydrogen (secondary N) is 2. The molecule has 0 saturated carbocycles. The zero-order valence-electron chi connectivity index (χ0n) is 16.6. The van der Waals surface area contributed by atoms with Gasteiger partial charge in [0, 0.05) is 30.6 Å². The Kier molecular flexibility index (Phi) is 6.24. The molecule has 2 N–H and O–H groups in total. The van der Waals surface area contributed by atoms with Gasteiger partial charge in [-0.1, -0.05) is 22.8 Å². The van der Waals surface area contributed by atoms with Crippen LogP contribution in [0.3, 0.4) is 0 Å². The number of oxime groups is 1. The van der Waals surface area contributed by atoms with Gasteiger partial charge in [0.2, 0.25) is 0 Å². The fraction of sp³-hybridized carbons (Fsp3) is 0.381. The molecule has 2 aliphatic rings. The van der Waals surface area contributed by atoms with E-state index in [-0.39, 0.29) is 12.0 Å². The molecule has 0 aliphatic carbocycles. The zero-order chi connectivity index (χ0) is 21.1. The fourth-order valence-corrected chi connectivity index (χ4v) is 4.59. The number of thiophene rings is 1. The van der Waals surface area contributed by atoms with Gasteiger partial charge in [-0.3, -0.25) is 10.2 Å². The number of carbonyl (C=O) groups is 1. The Bertz CT molecular complexity index is 984. The van der Waals surface area contributed by atoms with E-state index < -0.39 is 0 Å². The van der Waals surface area contributed by atoms with Crippen molar-refractivity contribution in [2.24, 2.45) is 5.16 Å². The van der Waals surface area contributed by atoms with Crippen LogP contribution < -0.4 is 10.1 Å². The first-order valence-electron chi connectivity index (χ1n) is 9.83. The van der Waals surface area contributed by atoms with Gasteiger partial charge < -0.3 is 19.8 Å². The summed E-state index contributed by atoms with van der Waals surface area (Å²) in [5.41, 5.74) is 2.44. The van der Waals surface area contributed by atoms with E-state index in [2.05, 4.69) is 15.4 Å². The Morgan fingerprint density at radius 3 is 2.87 bits per heavy atom. The number of amidine groups is 1. The van der Waals surface area contributed by atoms with E-state index in [1.165, 1.54) is 11.3 Å². The number of likely N-dealkylation sites (tertiary alicyclic amines) is 1. The molecule has 0 spiro atoms. The van der Waals surface area contributed by atoms with E-state index in [1.54, 1.807) is 19.2 Å². The highest BCUT2D eigenvalue weighted by Crippen LogP contribution is 2.27. The summed E-state index contributed by atoms with van der Waals surface area (Å²) in [4.78, 5) is 20.3. The summed E-state index contributed by atoms with van der Waals surface area (Å²) in [6.45, 7) is 2.20. The Morgan fingerprint density at radius 2 is 2.17 bits per heavy atom. The Balaban J connectivity index is 1.38. The first kappa shape index (κ1) is 20.7. The predicted molar refractivity (Wildman–Crippen MR) is 118 cm³/mol. The number of ether oxygens (including phenoxy) is 1. The number of hydrogen-bond acceptors (Lipinski definition) is 6. The molecule has 9 heteroatoms. The second-order valence-electron chi connectivity index (χ2n) is 7.24. The molecule has 1 unspecified atom stereocenters. The Hall–Kier alpha value is -2.58. The van der Waals surface area contributed by atoms with Gasteiger partial charge in [0.25, 0.3) is 5.91 Å². The molecule has 2 aromatic rings. The summed E-state index contributed by atoms with van der Waals surface area (Å²) in [7, 11) is 1.61. The standard InChI is InChI=1S/C21H23ClN4O3S/c1-28-17-10-13(20(23)26-8-2-3-9-26)4-5-15(17)16-11-14(29-25-16)12-24-21(27)18-6-7-19(22)30-18/h4-7,10,14,23H,2-3,8-9,11-12H2,1H3,(H,24,27). The highest BCUT2D eigenvalue weighted by atomic mass is 35.5. The summed E-state index contributed by atoms with van der Waals surface area (Å²) >= 11 is 7.12. The molecule has 0 bridgehead atoms. The topological polar surface area (TPSA) is 87.0 Å². The van der Waals surface area contributed by atoms with Crippen LogP contribution in [0.4, 0.5) is 0 Å². The maximum atomic E-state index is 12.2. The van der Waals surface area contributed by atoms with E-state index in [0.717, 1.165) is 42.8 Å². The first-order valence-corrected chi connectivity index (χ1v) is 11.0. The van der Waals surface area contributed by atoms with E-state index in [4.69, 9.17) is 26.6 Å². The van der Waals surface area contributed by atoms with E-state index in [1.807, 2.05) is 18.2 Å². The number of halogens is 1.